The number of ether oxygens (including phenoxy) is 1. The largest absolute Gasteiger partial charge is 0.478 e. The van der Waals surface area contributed by atoms with Gasteiger partial charge in [-0.15, -0.1) is 0 Å². The number of hydrogen-bond donors (Lipinski definition) is 1. The first kappa shape index (κ1) is 14.8. The fourth-order valence-electron chi connectivity index (χ4n) is 2.12. The van der Waals surface area contributed by atoms with Crippen molar-refractivity contribution in [2.24, 2.45) is 0 Å². The van der Waals surface area contributed by atoms with Crippen LogP contribution in [0.4, 0.5) is 5.69 Å². The van der Waals surface area contributed by atoms with Crippen LogP contribution in [0, 0.1) is 30.9 Å². The monoisotopic (exact) mass is 288 g/mol. The van der Waals surface area contributed by atoms with Gasteiger partial charge in [-0.05, 0) is 38.5 Å². The molecule has 0 atom stereocenters. The van der Waals surface area contributed by atoms with Crippen LogP contribution in [0.5, 0.6) is 5.75 Å². The molecule has 0 bridgehead atoms. The number of benzene rings is 1. The number of carbonyl (C=O) groups is 1. The van der Waals surface area contributed by atoms with Crippen molar-refractivity contribution in [3.63, 3.8) is 0 Å². The van der Waals surface area contributed by atoms with Gasteiger partial charge >= 0.3 is 5.69 Å². The second-order valence-corrected chi connectivity index (χ2v) is 4.93. The van der Waals surface area contributed by atoms with Crippen LogP contribution in [0.1, 0.15) is 27.3 Å². The Kier molecular flexibility index (Phi) is 4.07. The Balaban J connectivity index is 2.16. The first-order valence-corrected chi connectivity index (χ1v) is 6.45. The number of ketones is 1. The average molecular weight is 288 g/mol. The van der Waals surface area contributed by atoms with Crippen molar-refractivity contribution < 1.29 is 14.5 Å². The minimum absolute atomic E-state index is 0.110. The van der Waals surface area contributed by atoms with E-state index in [9.17, 15) is 14.9 Å². The van der Waals surface area contributed by atoms with Crippen LogP contribution >= 0.6 is 0 Å². The van der Waals surface area contributed by atoms with Crippen molar-refractivity contribution in [1.82, 2.24) is 4.98 Å². The molecule has 0 saturated carbocycles. The molecular weight excluding hydrogens is 272 g/mol. The predicted octanol–water partition coefficient (Wildman–Crippen LogP) is 3.11. The standard InChI is InChI=1S/C15H16N2O4/c1-9-4-5-13(17(19)20)15(6-9)21-8-14(18)12-7-10(2)16-11(12)3/h4-7,16H,8H2,1-3H3. The third kappa shape index (κ3) is 3.28. The van der Waals surface area contributed by atoms with Crippen molar-refractivity contribution in [3.05, 3.63) is 56.9 Å². The highest BCUT2D eigenvalue weighted by molar-refractivity contribution is 5.98. The fourth-order valence-corrected chi connectivity index (χ4v) is 2.12. The molecule has 1 aromatic carbocycles. The Morgan fingerprint density at radius 3 is 2.57 bits per heavy atom. The van der Waals surface area contributed by atoms with Crippen LogP contribution in [0.2, 0.25) is 0 Å². The van der Waals surface area contributed by atoms with Crippen molar-refractivity contribution in [3.8, 4) is 5.75 Å². The van der Waals surface area contributed by atoms with E-state index in [2.05, 4.69) is 4.98 Å². The van der Waals surface area contributed by atoms with Crippen molar-refractivity contribution in [2.45, 2.75) is 20.8 Å². The summed E-state index contributed by atoms with van der Waals surface area (Å²) >= 11 is 0. The van der Waals surface area contributed by atoms with Gasteiger partial charge in [-0.3, -0.25) is 14.9 Å². The van der Waals surface area contributed by atoms with Crippen molar-refractivity contribution in [2.75, 3.05) is 6.61 Å². The van der Waals surface area contributed by atoms with E-state index in [0.29, 0.717) is 5.56 Å². The highest BCUT2D eigenvalue weighted by atomic mass is 16.6. The second-order valence-electron chi connectivity index (χ2n) is 4.93. The van der Waals surface area contributed by atoms with Gasteiger partial charge in [-0.2, -0.15) is 0 Å². The van der Waals surface area contributed by atoms with E-state index in [0.717, 1.165) is 17.0 Å². The molecule has 2 aromatic rings. The number of nitrogens with zero attached hydrogens (tertiary/aromatic N) is 1. The zero-order chi connectivity index (χ0) is 15.6. The normalized spacial score (nSPS) is 10.4. The summed E-state index contributed by atoms with van der Waals surface area (Å²) in [7, 11) is 0. The number of nitro groups is 1. The number of carbonyl (C=O) groups excluding carboxylic acids is 1. The number of aryl methyl sites for hydroxylation is 3. The van der Waals surface area contributed by atoms with Crippen LogP contribution in [-0.4, -0.2) is 22.3 Å². The highest BCUT2D eigenvalue weighted by Gasteiger charge is 2.18. The number of hydrogen-bond acceptors (Lipinski definition) is 4. The maximum atomic E-state index is 12.1. The van der Waals surface area contributed by atoms with E-state index in [1.165, 1.54) is 6.07 Å². The van der Waals surface area contributed by atoms with Crippen LogP contribution in [-0.2, 0) is 0 Å². The molecule has 0 radical (unpaired) electrons. The summed E-state index contributed by atoms with van der Waals surface area (Å²) in [4.78, 5) is 25.6. The number of H-pyrrole nitrogens is 1. The lowest BCUT2D eigenvalue weighted by Gasteiger charge is -2.07. The number of nitro benzene ring substituents is 1. The summed E-state index contributed by atoms with van der Waals surface area (Å²) in [5.74, 6) is -0.106. The summed E-state index contributed by atoms with van der Waals surface area (Å²) < 4.78 is 5.35. The lowest BCUT2D eigenvalue weighted by Crippen LogP contribution is -2.12. The zero-order valence-electron chi connectivity index (χ0n) is 12.1. The molecule has 0 amide bonds. The molecule has 0 aliphatic heterocycles. The molecule has 0 fully saturated rings. The van der Waals surface area contributed by atoms with Crippen LogP contribution in [0.25, 0.3) is 0 Å². The molecule has 1 N–H and O–H groups in total. The number of nitrogens with one attached hydrogen (secondary N) is 1. The van der Waals surface area contributed by atoms with E-state index in [-0.39, 0.29) is 23.8 Å². The van der Waals surface area contributed by atoms with Gasteiger partial charge in [0.1, 0.15) is 0 Å². The number of rotatable bonds is 5. The molecule has 2 rings (SSSR count). The molecule has 0 aliphatic carbocycles. The SMILES string of the molecule is Cc1ccc([N+](=O)[O-])c(OCC(=O)c2cc(C)[nH]c2C)c1. The second kappa shape index (κ2) is 5.78. The maximum Gasteiger partial charge on any atom is 0.310 e. The Morgan fingerprint density at radius 1 is 1.29 bits per heavy atom. The summed E-state index contributed by atoms with van der Waals surface area (Å²) in [6.45, 7) is 5.23. The summed E-state index contributed by atoms with van der Waals surface area (Å²) in [6, 6.07) is 6.31. The minimum Gasteiger partial charge on any atom is -0.478 e. The van der Waals surface area contributed by atoms with E-state index in [1.807, 2.05) is 6.92 Å². The molecule has 6 nitrogen and oxygen atoms in total. The summed E-state index contributed by atoms with van der Waals surface area (Å²) in [5.41, 5.74) is 2.88. The Morgan fingerprint density at radius 2 is 2.00 bits per heavy atom. The minimum atomic E-state index is -0.523. The van der Waals surface area contributed by atoms with Gasteiger partial charge in [0.15, 0.2) is 12.4 Å². The quantitative estimate of drug-likeness (QED) is 0.520. The topological polar surface area (TPSA) is 85.2 Å². The third-order valence-electron chi connectivity index (χ3n) is 3.12. The molecule has 0 saturated heterocycles. The van der Waals surface area contributed by atoms with E-state index < -0.39 is 4.92 Å². The van der Waals surface area contributed by atoms with Gasteiger partial charge < -0.3 is 9.72 Å². The van der Waals surface area contributed by atoms with E-state index >= 15 is 0 Å². The van der Waals surface area contributed by atoms with Gasteiger partial charge in [-0.1, -0.05) is 6.07 Å². The van der Waals surface area contributed by atoms with Crippen molar-refractivity contribution in [1.29, 1.82) is 0 Å². The Hall–Kier alpha value is -2.63. The van der Waals surface area contributed by atoms with Crippen LogP contribution in [0.15, 0.2) is 24.3 Å². The molecule has 0 aliphatic rings. The van der Waals surface area contributed by atoms with Crippen LogP contribution in [0.3, 0.4) is 0 Å². The fraction of sp³-hybridized carbons (Fsp3) is 0.267. The predicted molar refractivity (Wildman–Crippen MR) is 77.9 cm³/mol. The lowest BCUT2D eigenvalue weighted by molar-refractivity contribution is -0.385. The highest BCUT2D eigenvalue weighted by Crippen LogP contribution is 2.27. The number of aromatic amines is 1. The van der Waals surface area contributed by atoms with Gasteiger partial charge in [-0.25, -0.2) is 0 Å². The van der Waals surface area contributed by atoms with Crippen LogP contribution < -0.4 is 4.74 Å². The first-order valence-electron chi connectivity index (χ1n) is 6.45. The number of aromatic nitrogens is 1. The summed E-state index contributed by atoms with van der Waals surface area (Å²) in [6.07, 6.45) is 0. The average Bonchev–Trinajstić information content (AvgIpc) is 2.74. The number of Topliss-reactive ketones (excluding diaryl/α,β-unsaturated/α-hetero) is 1. The molecule has 6 heteroatoms. The van der Waals surface area contributed by atoms with E-state index in [4.69, 9.17) is 4.74 Å². The van der Waals surface area contributed by atoms with Crippen molar-refractivity contribution >= 4 is 11.5 Å². The Bertz CT molecular complexity index is 704. The van der Waals surface area contributed by atoms with E-state index in [1.54, 1.807) is 32.0 Å². The molecule has 0 spiro atoms. The molecule has 1 heterocycles. The Labute approximate surface area is 121 Å². The van der Waals surface area contributed by atoms with Gasteiger partial charge in [0.05, 0.1) is 4.92 Å². The lowest BCUT2D eigenvalue weighted by atomic mass is 10.1. The summed E-state index contributed by atoms with van der Waals surface area (Å²) in [5, 5.41) is 10.9. The molecule has 110 valence electrons. The van der Waals surface area contributed by atoms with Gasteiger partial charge in [0.2, 0.25) is 5.78 Å². The molecular formula is C15H16N2O4. The third-order valence-corrected chi connectivity index (χ3v) is 3.12. The smallest absolute Gasteiger partial charge is 0.310 e. The van der Waals surface area contributed by atoms with Gasteiger partial charge in [0, 0.05) is 23.0 Å². The molecule has 0 unspecified atom stereocenters. The maximum absolute atomic E-state index is 12.1. The zero-order valence-corrected chi connectivity index (χ0v) is 12.1. The molecule has 21 heavy (non-hydrogen) atoms. The molecule has 1 aromatic heterocycles. The first-order chi connectivity index (χ1) is 9.88. The van der Waals surface area contributed by atoms with Gasteiger partial charge in [0.25, 0.3) is 0 Å².